The van der Waals surface area contributed by atoms with Crippen molar-refractivity contribution < 1.29 is 0 Å². The van der Waals surface area contributed by atoms with Gasteiger partial charge in [-0.05, 0) is 6.42 Å². The van der Waals surface area contributed by atoms with Gasteiger partial charge in [0.1, 0.15) is 5.52 Å². The number of nitrogens with zero attached hydrogens (tertiary/aromatic N) is 7. The van der Waals surface area contributed by atoms with Gasteiger partial charge in [-0.2, -0.15) is 10.1 Å². The maximum absolute atomic E-state index is 4.80. The van der Waals surface area contributed by atoms with Crippen molar-refractivity contribution in [2.24, 2.45) is 14.1 Å². The zero-order valence-corrected chi connectivity index (χ0v) is 15.5. The lowest BCUT2D eigenvalue weighted by molar-refractivity contribution is 0.721. The average molecular weight is 359 g/mol. The number of benzene rings is 1. The fraction of sp³-hybridized carbons (Fsp3) is 0.300. The van der Waals surface area contributed by atoms with Gasteiger partial charge in [0.2, 0.25) is 5.95 Å². The lowest BCUT2D eigenvalue weighted by Crippen LogP contribution is -2.28. The molecule has 0 radical (unpaired) electrons. The molecular formula is C20H21N7. The Bertz CT molecular complexity index is 1110. The third kappa shape index (κ3) is 2.66. The van der Waals surface area contributed by atoms with Gasteiger partial charge in [0.15, 0.2) is 5.65 Å². The predicted octanol–water partition coefficient (Wildman–Crippen LogP) is 2.37. The van der Waals surface area contributed by atoms with E-state index in [9.17, 15) is 0 Å². The summed E-state index contributed by atoms with van der Waals surface area (Å²) in [6.45, 7) is 1.73. The largest absolute Gasteiger partial charge is 0.340 e. The molecule has 0 amide bonds. The van der Waals surface area contributed by atoms with E-state index in [4.69, 9.17) is 5.10 Å². The Morgan fingerprint density at radius 2 is 1.78 bits per heavy atom. The molecule has 0 unspecified atom stereocenters. The fourth-order valence-corrected chi connectivity index (χ4v) is 3.90. The second-order valence-electron chi connectivity index (χ2n) is 6.98. The molecule has 0 atom stereocenters. The van der Waals surface area contributed by atoms with E-state index in [2.05, 4.69) is 44.1 Å². The Kier molecular flexibility index (Phi) is 3.67. The average Bonchev–Trinajstić information content (AvgIpc) is 3.14. The minimum absolute atomic E-state index is 0.744. The van der Waals surface area contributed by atoms with Crippen LogP contribution in [0.3, 0.4) is 0 Å². The van der Waals surface area contributed by atoms with Gasteiger partial charge in [0.25, 0.3) is 0 Å². The first-order valence-corrected chi connectivity index (χ1v) is 9.20. The Hall–Kier alpha value is -3.22. The van der Waals surface area contributed by atoms with E-state index in [-0.39, 0.29) is 0 Å². The number of rotatable bonds is 2. The van der Waals surface area contributed by atoms with Gasteiger partial charge < -0.3 is 9.47 Å². The highest BCUT2D eigenvalue weighted by atomic mass is 15.3. The minimum atomic E-state index is 0.744. The van der Waals surface area contributed by atoms with Crippen molar-refractivity contribution in [2.75, 3.05) is 18.0 Å². The molecule has 7 heteroatoms. The predicted molar refractivity (Wildman–Crippen MR) is 105 cm³/mol. The molecule has 0 spiro atoms. The van der Waals surface area contributed by atoms with Crippen molar-refractivity contribution in [3.8, 4) is 11.3 Å². The molecule has 4 heterocycles. The van der Waals surface area contributed by atoms with Gasteiger partial charge in [0, 0.05) is 44.7 Å². The zero-order valence-electron chi connectivity index (χ0n) is 15.5. The van der Waals surface area contributed by atoms with E-state index >= 15 is 0 Å². The van der Waals surface area contributed by atoms with E-state index < -0.39 is 0 Å². The summed E-state index contributed by atoms with van der Waals surface area (Å²) in [5.41, 5.74) is 6.64. The minimum Gasteiger partial charge on any atom is -0.340 e. The van der Waals surface area contributed by atoms with E-state index in [1.807, 2.05) is 35.6 Å². The SMILES string of the molecule is Cn1nc2c(c1-c1ccccc1)CCN(c1ncc3c(ncn3C)n1)CC2. The zero-order chi connectivity index (χ0) is 18.4. The van der Waals surface area contributed by atoms with Gasteiger partial charge >= 0.3 is 0 Å². The maximum atomic E-state index is 4.80. The Morgan fingerprint density at radius 3 is 2.63 bits per heavy atom. The second kappa shape index (κ2) is 6.19. The summed E-state index contributed by atoms with van der Waals surface area (Å²) < 4.78 is 3.96. The normalized spacial score (nSPS) is 14.4. The highest BCUT2D eigenvalue weighted by molar-refractivity contribution is 5.71. The van der Waals surface area contributed by atoms with Crippen molar-refractivity contribution in [3.63, 3.8) is 0 Å². The molecule has 0 N–H and O–H groups in total. The number of hydrogen-bond donors (Lipinski definition) is 0. The molecule has 136 valence electrons. The number of aromatic nitrogens is 6. The molecule has 0 fully saturated rings. The van der Waals surface area contributed by atoms with E-state index in [1.54, 1.807) is 6.33 Å². The molecule has 3 aromatic heterocycles. The van der Waals surface area contributed by atoms with Gasteiger partial charge in [0.05, 0.1) is 23.9 Å². The van der Waals surface area contributed by atoms with Crippen molar-refractivity contribution in [3.05, 3.63) is 54.1 Å². The van der Waals surface area contributed by atoms with Gasteiger partial charge in [-0.25, -0.2) is 9.97 Å². The first kappa shape index (κ1) is 16.0. The summed E-state index contributed by atoms with van der Waals surface area (Å²) in [5, 5.41) is 4.80. The summed E-state index contributed by atoms with van der Waals surface area (Å²) in [6, 6.07) is 10.5. The molecule has 0 bridgehead atoms. The molecule has 4 aromatic rings. The van der Waals surface area contributed by atoms with E-state index in [0.29, 0.717) is 0 Å². The summed E-state index contributed by atoms with van der Waals surface area (Å²) in [5.74, 6) is 0.747. The lowest BCUT2D eigenvalue weighted by Gasteiger charge is -2.20. The molecule has 0 saturated carbocycles. The van der Waals surface area contributed by atoms with Crippen LogP contribution in [0.4, 0.5) is 5.95 Å². The van der Waals surface area contributed by atoms with Gasteiger partial charge in [-0.1, -0.05) is 30.3 Å². The maximum Gasteiger partial charge on any atom is 0.227 e. The number of aryl methyl sites for hydroxylation is 2. The molecule has 5 rings (SSSR count). The summed E-state index contributed by atoms with van der Waals surface area (Å²) in [6.07, 6.45) is 5.45. The van der Waals surface area contributed by atoms with Crippen LogP contribution in [0.5, 0.6) is 0 Å². The molecule has 7 nitrogen and oxygen atoms in total. The number of imidazole rings is 1. The number of hydrogen-bond acceptors (Lipinski definition) is 5. The summed E-state index contributed by atoms with van der Waals surface area (Å²) in [7, 11) is 3.99. The second-order valence-corrected chi connectivity index (χ2v) is 6.98. The number of fused-ring (bicyclic) bond motifs is 2. The molecule has 0 aliphatic carbocycles. The fourth-order valence-electron chi connectivity index (χ4n) is 3.90. The molecule has 27 heavy (non-hydrogen) atoms. The molecule has 0 saturated heterocycles. The Morgan fingerprint density at radius 1 is 0.963 bits per heavy atom. The van der Waals surface area contributed by atoms with Crippen LogP contribution in [0.2, 0.25) is 0 Å². The van der Waals surface area contributed by atoms with Crippen LogP contribution < -0.4 is 4.90 Å². The summed E-state index contributed by atoms with van der Waals surface area (Å²) in [4.78, 5) is 15.8. The third-order valence-corrected chi connectivity index (χ3v) is 5.28. The third-order valence-electron chi connectivity index (χ3n) is 5.28. The van der Waals surface area contributed by atoms with Crippen molar-refractivity contribution >= 4 is 17.1 Å². The Labute approximate surface area is 157 Å². The topological polar surface area (TPSA) is 64.7 Å². The first-order chi connectivity index (χ1) is 13.2. The molecular weight excluding hydrogens is 338 g/mol. The van der Waals surface area contributed by atoms with E-state index in [1.165, 1.54) is 22.5 Å². The summed E-state index contributed by atoms with van der Waals surface area (Å²) >= 11 is 0. The van der Waals surface area contributed by atoms with Crippen LogP contribution in [0.15, 0.2) is 42.9 Å². The highest BCUT2D eigenvalue weighted by Crippen LogP contribution is 2.29. The standard InChI is InChI=1S/C20H21N7/c1-25-13-22-19-17(25)12-21-20(23-19)27-10-8-15-16(9-11-27)24-26(2)18(15)14-6-4-3-5-7-14/h3-7,12-13H,8-11H2,1-2H3. The monoisotopic (exact) mass is 359 g/mol. The van der Waals surface area contributed by atoms with Crippen LogP contribution >= 0.6 is 0 Å². The lowest BCUT2D eigenvalue weighted by atomic mass is 10.0. The van der Waals surface area contributed by atoms with Crippen molar-refractivity contribution in [1.29, 1.82) is 0 Å². The Balaban J connectivity index is 1.46. The van der Waals surface area contributed by atoms with Gasteiger partial charge in [-0.3, -0.25) is 4.68 Å². The molecule has 1 aliphatic heterocycles. The van der Waals surface area contributed by atoms with Gasteiger partial charge in [-0.15, -0.1) is 0 Å². The van der Waals surface area contributed by atoms with Crippen molar-refractivity contribution in [1.82, 2.24) is 29.3 Å². The van der Waals surface area contributed by atoms with Crippen LogP contribution in [0.25, 0.3) is 22.4 Å². The van der Waals surface area contributed by atoms with Crippen LogP contribution in [0.1, 0.15) is 11.3 Å². The smallest absolute Gasteiger partial charge is 0.227 e. The van der Waals surface area contributed by atoms with Crippen LogP contribution in [-0.2, 0) is 26.9 Å². The molecule has 1 aromatic carbocycles. The van der Waals surface area contributed by atoms with E-state index in [0.717, 1.165) is 43.0 Å². The van der Waals surface area contributed by atoms with Crippen LogP contribution in [0, 0.1) is 0 Å². The van der Waals surface area contributed by atoms with Crippen molar-refractivity contribution in [2.45, 2.75) is 12.8 Å². The quantitative estimate of drug-likeness (QED) is 0.550. The van der Waals surface area contributed by atoms with Crippen LogP contribution in [-0.4, -0.2) is 42.4 Å². The molecule has 1 aliphatic rings. The number of anilines is 1. The highest BCUT2D eigenvalue weighted by Gasteiger charge is 2.23. The first-order valence-electron chi connectivity index (χ1n) is 9.20.